The molecule has 0 saturated carbocycles. The van der Waals surface area contributed by atoms with Gasteiger partial charge in [-0.25, -0.2) is 8.42 Å². The van der Waals surface area contributed by atoms with Crippen molar-refractivity contribution in [3.63, 3.8) is 0 Å². The van der Waals surface area contributed by atoms with Gasteiger partial charge in [-0.3, -0.25) is 9.10 Å². The number of carbonyl (C=O) groups excluding carboxylic acids is 1. The van der Waals surface area contributed by atoms with Crippen molar-refractivity contribution in [2.24, 2.45) is 0 Å². The summed E-state index contributed by atoms with van der Waals surface area (Å²) in [5.41, 5.74) is 3.81. The van der Waals surface area contributed by atoms with Crippen LogP contribution in [0, 0.1) is 13.8 Å². The fourth-order valence-corrected chi connectivity index (χ4v) is 6.28. The van der Waals surface area contributed by atoms with Crippen molar-refractivity contribution < 1.29 is 17.9 Å². The number of sulfonamides is 1. The van der Waals surface area contributed by atoms with Crippen molar-refractivity contribution in [1.29, 1.82) is 0 Å². The lowest BCUT2D eigenvalue weighted by Crippen LogP contribution is -2.38. The minimum absolute atomic E-state index is 0.0906. The molecule has 0 saturated heterocycles. The first kappa shape index (κ1) is 27.3. The third-order valence-corrected chi connectivity index (χ3v) is 8.79. The maximum atomic E-state index is 13.7. The van der Waals surface area contributed by atoms with E-state index in [2.05, 4.69) is 17.4 Å². The van der Waals surface area contributed by atoms with Crippen LogP contribution in [0.2, 0.25) is 0 Å². The van der Waals surface area contributed by atoms with Crippen LogP contribution in [0.4, 0.5) is 11.4 Å². The molecule has 0 radical (unpaired) electrons. The van der Waals surface area contributed by atoms with Crippen LogP contribution in [0.3, 0.4) is 0 Å². The Morgan fingerprint density at radius 2 is 1.58 bits per heavy atom. The van der Waals surface area contributed by atoms with Gasteiger partial charge in [-0.05, 0) is 73.0 Å². The number of carbonyl (C=O) groups is 1. The lowest BCUT2D eigenvalue weighted by Gasteiger charge is -2.26. The third kappa shape index (κ3) is 6.57. The number of methoxy groups -OCH3 is 1. The maximum Gasteiger partial charge on any atom is 0.264 e. The van der Waals surface area contributed by atoms with Crippen LogP contribution in [0.1, 0.15) is 16.7 Å². The number of hydrogen-bond donors (Lipinski definition) is 1. The van der Waals surface area contributed by atoms with E-state index in [0.29, 0.717) is 17.1 Å². The van der Waals surface area contributed by atoms with E-state index in [9.17, 15) is 13.2 Å². The second kappa shape index (κ2) is 12.2. The first-order valence-electron chi connectivity index (χ1n) is 12.1. The minimum atomic E-state index is -4.05. The van der Waals surface area contributed by atoms with Crippen LogP contribution in [0.5, 0.6) is 5.75 Å². The number of aryl methyl sites for hydroxylation is 2. The van der Waals surface area contributed by atoms with Crippen molar-refractivity contribution in [3.05, 3.63) is 114 Å². The van der Waals surface area contributed by atoms with E-state index in [0.717, 1.165) is 26.7 Å². The average molecular weight is 547 g/mol. The number of amides is 1. The maximum absolute atomic E-state index is 13.7. The van der Waals surface area contributed by atoms with Crippen LogP contribution in [0.25, 0.3) is 0 Å². The standard InChI is InChI=1S/C30H30N2O4S2/c1-22-14-17-29(36-3)28(18-22)32(38(34,35)26-12-8-5-9-13-26)20-30(33)31-27-16-15-24(19-23(27)2)21-37-25-10-6-4-7-11-25/h4-19H,20-21H2,1-3H3,(H,31,33). The molecule has 4 aromatic rings. The fourth-order valence-electron chi connectivity index (χ4n) is 3.97. The molecular weight excluding hydrogens is 516 g/mol. The second-order valence-corrected chi connectivity index (χ2v) is 11.7. The molecule has 0 spiro atoms. The number of benzene rings is 4. The van der Waals surface area contributed by atoms with Crippen molar-refractivity contribution in [2.45, 2.75) is 29.4 Å². The highest BCUT2D eigenvalue weighted by Gasteiger charge is 2.29. The van der Waals surface area contributed by atoms with E-state index < -0.39 is 22.5 Å². The van der Waals surface area contributed by atoms with Gasteiger partial charge >= 0.3 is 0 Å². The van der Waals surface area contributed by atoms with E-state index >= 15 is 0 Å². The summed E-state index contributed by atoms with van der Waals surface area (Å²) in [7, 11) is -2.58. The number of nitrogens with zero attached hydrogens (tertiary/aromatic N) is 1. The van der Waals surface area contributed by atoms with Gasteiger partial charge < -0.3 is 10.1 Å². The SMILES string of the molecule is COc1ccc(C)cc1N(CC(=O)Nc1ccc(CSc2ccccc2)cc1C)S(=O)(=O)c1ccccc1. The molecule has 196 valence electrons. The summed E-state index contributed by atoms with van der Waals surface area (Å²) in [6, 6.07) is 29.3. The molecule has 0 aliphatic carbocycles. The smallest absolute Gasteiger partial charge is 0.264 e. The number of nitrogens with one attached hydrogen (secondary N) is 1. The van der Waals surface area contributed by atoms with Crippen LogP contribution in [-0.4, -0.2) is 28.0 Å². The Kier molecular flexibility index (Phi) is 8.76. The zero-order valence-corrected chi connectivity index (χ0v) is 23.2. The van der Waals surface area contributed by atoms with Crippen LogP contribution >= 0.6 is 11.8 Å². The van der Waals surface area contributed by atoms with E-state index in [1.165, 1.54) is 24.1 Å². The molecule has 38 heavy (non-hydrogen) atoms. The minimum Gasteiger partial charge on any atom is -0.495 e. The summed E-state index contributed by atoms with van der Waals surface area (Å²) in [6.07, 6.45) is 0. The Labute approximate surface area is 228 Å². The molecule has 4 rings (SSSR count). The number of hydrogen-bond acceptors (Lipinski definition) is 5. The number of thioether (sulfide) groups is 1. The topological polar surface area (TPSA) is 75.7 Å². The molecule has 0 bridgehead atoms. The highest BCUT2D eigenvalue weighted by Crippen LogP contribution is 2.33. The molecule has 0 aliphatic rings. The molecule has 0 heterocycles. The van der Waals surface area contributed by atoms with E-state index in [4.69, 9.17) is 4.74 Å². The zero-order valence-electron chi connectivity index (χ0n) is 21.5. The normalized spacial score (nSPS) is 11.1. The second-order valence-electron chi connectivity index (χ2n) is 8.80. The molecule has 1 N–H and O–H groups in total. The van der Waals surface area contributed by atoms with Gasteiger partial charge in [0, 0.05) is 16.3 Å². The predicted molar refractivity (Wildman–Crippen MR) is 155 cm³/mol. The van der Waals surface area contributed by atoms with Crippen molar-refractivity contribution in [2.75, 3.05) is 23.3 Å². The van der Waals surface area contributed by atoms with Gasteiger partial charge in [0.2, 0.25) is 5.91 Å². The summed E-state index contributed by atoms with van der Waals surface area (Å²) in [6.45, 7) is 3.37. The van der Waals surface area contributed by atoms with Crippen molar-refractivity contribution in [1.82, 2.24) is 0 Å². The largest absolute Gasteiger partial charge is 0.495 e. The lowest BCUT2D eigenvalue weighted by atomic mass is 10.1. The molecule has 1 amide bonds. The average Bonchev–Trinajstić information content (AvgIpc) is 2.93. The van der Waals surface area contributed by atoms with Gasteiger partial charge in [-0.15, -0.1) is 11.8 Å². The molecule has 4 aromatic carbocycles. The zero-order chi connectivity index (χ0) is 27.1. The van der Waals surface area contributed by atoms with Crippen LogP contribution in [-0.2, 0) is 20.6 Å². The highest BCUT2D eigenvalue weighted by atomic mass is 32.2. The van der Waals surface area contributed by atoms with Crippen molar-refractivity contribution in [3.8, 4) is 5.75 Å². The number of rotatable bonds is 10. The monoisotopic (exact) mass is 546 g/mol. The summed E-state index contributed by atoms with van der Waals surface area (Å²) in [5, 5.41) is 2.89. The Bertz CT molecular complexity index is 1510. The van der Waals surface area contributed by atoms with Crippen LogP contribution < -0.4 is 14.4 Å². The molecule has 0 unspecified atom stereocenters. The first-order valence-corrected chi connectivity index (χ1v) is 14.5. The van der Waals surface area contributed by atoms with Gasteiger partial charge in [-0.2, -0.15) is 0 Å². The molecule has 6 nitrogen and oxygen atoms in total. The van der Waals surface area contributed by atoms with Crippen LogP contribution in [0.15, 0.2) is 107 Å². The molecule has 0 fully saturated rings. The molecule has 0 aliphatic heterocycles. The Morgan fingerprint density at radius 3 is 2.24 bits per heavy atom. The Balaban J connectivity index is 1.56. The van der Waals surface area contributed by atoms with E-state index in [-0.39, 0.29) is 4.90 Å². The number of anilines is 2. The molecule has 0 aromatic heterocycles. The summed E-state index contributed by atoms with van der Waals surface area (Å²) in [5.74, 6) is 0.705. The molecular formula is C30H30N2O4S2. The first-order chi connectivity index (χ1) is 18.3. The van der Waals surface area contributed by atoms with Crippen molar-refractivity contribution >= 4 is 39.1 Å². The van der Waals surface area contributed by atoms with Gasteiger partial charge in [-0.1, -0.05) is 54.6 Å². The highest BCUT2D eigenvalue weighted by molar-refractivity contribution is 7.98. The van der Waals surface area contributed by atoms with Gasteiger partial charge in [0.1, 0.15) is 12.3 Å². The third-order valence-electron chi connectivity index (χ3n) is 5.94. The van der Waals surface area contributed by atoms with E-state index in [1.54, 1.807) is 42.1 Å². The molecule has 8 heteroatoms. The molecule has 0 atom stereocenters. The summed E-state index contributed by atoms with van der Waals surface area (Å²) >= 11 is 1.74. The Morgan fingerprint density at radius 1 is 0.895 bits per heavy atom. The summed E-state index contributed by atoms with van der Waals surface area (Å²) < 4.78 is 33.9. The Hall–Kier alpha value is -3.75. The summed E-state index contributed by atoms with van der Waals surface area (Å²) in [4.78, 5) is 14.5. The predicted octanol–water partition coefficient (Wildman–Crippen LogP) is 6.44. The van der Waals surface area contributed by atoms with Gasteiger partial charge in [0.05, 0.1) is 17.7 Å². The number of ether oxygens (including phenoxy) is 1. The van der Waals surface area contributed by atoms with E-state index in [1.807, 2.05) is 56.3 Å². The van der Waals surface area contributed by atoms with Gasteiger partial charge in [0.25, 0.3) is 10.0 Å². The quantitative estimate of drug-likeness (QED) is 0.232. The fraction of sp³-hybridized carbons (Fsp3) is 0.167. The lowest BCUT2D eigenvalue weighted by molar-refractivity contribution is -0.114. The van der Waals surface area contributed by atoms with Gasteiger partial charge in [0.15, 0.2) is 0 Å².